The molecule has 2 aliphatic heterocycles. The smallest absolute Gasteiger partial charge is 0.325 e. The van der Waals surface area contributed by atoms with Crippen molar-refractivity contribution < 1.29 is 14.4 Å². The van der Waals surface area contributed by atoms with Crippen LogP contribution >= 0.6 is 11.6 Å². The van der Waals surface area contributed by atoms with Gasteiger partial charge in [-0.05, 0) is 74.2 Å². The van der Waals surface area contributed by atoms with E-state index < -0.39 is 12.2 Å². The maximum absolute atomic E-state index is 13.3. The van der Waals surface area contributed by atoms with E-state index >= 15 is 0 Å². The number of hydrogen-bond donors (Lipinski definition) is 2. The molecule has 2 atom stereocenters. The van der Waals surface area contributed by atoms with Crippen molar-refractivity contribution in [3.63, 3.8) is 0 Å². The van der Waals surface area contributed by atoms with Crippen molar-refractivity contribution >= 4 is 35.1 Å². The second-order valence-corrected chi connectivity index (χ2v) is 8.89. The van der Waals surface area contributed by atoms with E-state index in [0.29, 0.717) is 23.7 Å². The lowest BCUT2D eigenvalue weighted by Crippen LogP contribution is -2.68. The Labute approximate surface area is 192 Å². The molecule has 0 radical (unpaired) electrons. The highest BCUT2D eigenvalue weighted by molar-refractivity contribution is 6.30. The Kier molecular flexibility index (Phi) is 6.48. The molecule has 4 amide bonds. The lowest BCUT2D eigenvalue weighted by Gasteiger charge is -2.46. The van der Waals surface area contributed by atoms with Gasteiger partial charge in [-0.3, -0.25) is 24.7 Å². The van der Waals surface area contributed by atoms with Crippen molar-refractivity contribution in [1.82, 2.24) is 15.1 Å². The van der Waals surface area contributed by atoms with Crippen LogP contribution in [0.5, 0.6) is 0 Å². The summed E-state index contributed by atoms with van der Waals surface area (Å²) in [5.41, 5.74) is 3.70. The summed E-state index contributed by atoms with van der Waals surface area (Å²) in [5.74, 6) is -0.871. The van der Waals surface area contributed by atoms with Gasteiger partial charge >= 0.3 is 6.03 Å². The maximum Gasteiger partial charge on any atom is 0.328 e. The van der Waals surface area contributed by atoms with E-state index in [9.17, 15) is 14.4 Å². The molecular weight excluding hydrogens is 428 g/mol. The molecule has 2 aromatic carbocycles. The van der Waals surface area contributed by atoms with Crippen LogP contribution in [0.25, 0.3) is 0 Å². The zero-order chi connectivity index (χ0) is 22.8. The van der Waals surface area contributed by atoms with E-state index in [4.69, 9.17) is 11.6 Å². The van der Waals surface area contributed by atoms with Crippen LogP contribution < -0.4 is 10.6 Å². The van der Waals surface area contributed by atoms with E-state index in [1.54, 1.807) is 24.3 Å². The number of fused-ring (bicyclic) bond motifs is 1. The highest BCUT2D eigenvalue weighted by atomic mass is 35.5. The second kappa shape index (κ2) is 9.30. The summed E-state index contributed by atoms with van der Waals surface area (Å²) in [6.45, 7) is 4.70. The number of benzene rings is 2. The van der Waals surface area contributed by atoms with Crippen molar-refractivity contribution in [2.75, 3.05) is 18.4 Å². The molecule has 32 heavy (non-hydrogen) atoms. The first kappa shape index (κ1) is 22.3. The quantitative estimate of drug-likeness (QED) is 0.722. The summed E-state index contributed by atoms with van der Waals surface area (Å²) in [6, 6.07) is 12.3. The first-order valence-corrected chi connectivity index (χ1v) is 11.2. The maximum atomic E-state index is 13.3. The topological polar surface area (TPSA) is 81.8 Å². The fraction of sp³-hybridized carbons (Fsp3) is 0.375. The molecule has 168 valence electrons. The molecule has 0 aromatic heterocycles. The first-order valence-electron chi connectivity index (χ1n) is 10.8. The van der Waals surface area contributed by atoms with Crippen LogP contribution in [0.4, 0.5) is 10.5 Å². The zero-order valence-electron chi connectivity index (χ0n) is 18.2. The van der Waals surface area contributed by atoms with Gasteiger partial charge in [-0.15, -0.1) is 0 Å². The molecule has 0 saturated carbocycles. The molecule has 7 nitrogen and oxygen atoms in total. The number of rotatable bonds is 5. The lowest BCUT2D eigenvalue weighted by molar-refractivity contribution is -0.143. The predicted octanol–water partition coefficient (Wildman–Crippen LogP) is 3.69. The minimum absolute atomic E-state index is 0.135. The molecule has 0 bridgehead atoms. The standard InChI is InChI=1S/C24H27ClN4O3/c1-15-5-10-19(12-16(15)2)27-21(30)14-28-22-20(4-3-11-26-22)23(31)29(24(28)32)13-17-6-8-18(25)9-7-17/h5-10,12,20,22,26H,3-4,11,13-14H2,1-2H3,(H,27,30). The van der Waals surface area contributed by atoms with E-state index in [-0.39, 0.29) is 30.8 Å². The van der Waals surface area contributed by atoms with E-state index in [1.165, 1.54) is 9.80 Å². The average Bonchev–Trinajstić information content (AvgIpc) is 2.78. The van der Waals surface area contributed by atoms with Crippen LogP contribution in [0.2, 0.25) is 5.02 Å². The Balaban J connectivity index is 1.53. The van der Waals surface area contributed by atoms with E-state index in [2.05, 4.69) is 10.6 Å². The Hall–Kier alpha value is -2.90. The third-order valence-corrected chi connectivity index (χ3v) is 6.43. The average molecular weight is 455 g/mol. The predicted molar refractivity (Wildman–Crippen MR) is 123 cm³/mol. The van der Waals surface area contributed by atoms with E-state index in [1.807, 2.05) is 32.0 Å². The summed E-state index contributed by atoms with van der Waals surface area (Å²) in [7, 11) is 0. The Morgan fingerprint density at radius 2 is 1.88 bits per heavy atom. The highest BCUT2D eigenvalue weighted by Gasteiger charge is 2.47. The van der Waals surface area contributed by atoms with Crippen molar-refractivity contribution in [2.24, 2.45) is 5.92 Å². The number of urea groups is 1. The summed E-state index contributed by atoms with van der Waals surface area (Å²) < 4.78 is 0. The number of halogens is 1. The van der Waals surface area contributed by atoms with Gasteiger partial charge in [0.05, 0.1) is 18.6 Å². The van der Waals surface area contributed by atoms with Crippen LogP contribution in [0, 0.1) is 19.8 Å². The third-order valence-electron chi connectivity index (χ3n) is 6.18. The SMILES string of the molecule is Cc1ccc(NC(=O)CN2C(=O)N(Cc3ccc(Cl)cc3)C(=O)C3CCCNC32)cc1C. The molecule has 0 spiro atoms. The zero-order valence-corrected chi connectivity index (χ0v) is 19.0. The molecule has 2 fully saturated rings. The molecule has 2 aromatic rings. The van der Waals surface area contributed by atoms with Crippen molar-refractivity contribution in [1.29, 1.82) is 0 Å². The Bertz CT molecular complexity index is 1040. The number of nitrogens with zero attached hydrogens (tertiary/aromatic N) is 2. The highest BCUT2D eigenvalue weighted by Crippen LogP contribution is 2.29. The molecule has 2 N–H and O–H groups in total. The van der Waals surface area contributed by atoms with Crippen molar-refractivity contribution in [2.45, 2.75) is 39.4 Å². The van der Waals surface area contributed by atoms with Gasteiger partial charge < -0.3 is 5.32 Å². The molecule has 2 heterocycles. The van der Waals surface area contributed by atoms with E-state index in [0.717, 1.165) is 23.1 Å². The van der Waals surface area contributed by atoms with Crippen LogP contribution in [0.3, 0.4) is 0 Å². The molecular formula is C24H27ClN4O3. The van der Waals surface area contributed by atoms with Crippen molar-refractivity contribution in [3.05, 3.63) is 64.2 Å². The number of piperidine rings is 1. The number of nitrogens with one attached hydrogen (secondary N) is 2. The summed E-state index contributed by atoms with van der Waals surface area (Å²) in [5, 5.41) is 6.74. The van der Waals surface area contributed by atoms with Gasteiger partial charge in [-0.1, -0.05) is 29.8 Å². The summed E-state index contributed by atoms with van der Waals surface area (Å²) in [4.78, 5) is 42.0. The van der Waals surface area contributed by atoms with Crippen LogP contribution in [0.15, 0.2) is 42.5 Å². The van der Waals surface area contributed by atoms with Gasteiger partial charge in [0.2, 0.25) is 11.8 Å². The minimum atomic E-state index is -0.476. The molecule has 2 saturated heterocycles. The second-order valence-electron chi connectivity index (χ2n) is 8.46. The normalized spacial score (nSPS) is 20.8. The van der Waals surface area contributed by atoms with Crippen molar-refractivity contribution in [3.8, 4) is 0 Å². The number of carbonyl (C=O) groups excluding carboxylic acids is 3. The molecule has 2 aliphatic rings. The fourth-order valence-corrected chi connectivity index (χ4v) is 4.41. The summed E-state index contributed by atoms with van der Waals surface area (Å²) in [6.07, 6.45) is 1.05. The van der Waals surface area contributed by atoms with Gasteiger partial charge in [0, 0.05) is 10.7 Å². The number of amides is 4. The summed E-state index contributed by atoms with van der Waals surface area (Å²) >= 11 is 5.96. The minimum Gasteiger partial charge on any atom is -0.325 e. The number of carbonyl (C=O) groups is 3. The Morgan fingerprint density at radius 1 is 1.12 bits per heavy atom. The lowest BCUT2D eigenvalue weighted by atomic mass is 9.91. The van der Waals surface area contributed by atoms with Gasteiger partial charge in [0.15, 0.2) is 0 Å². The first-order chi connectivity index (χ1) is 15.3. The van der Waals surface area contributed by atoms with Gasteiger partial charge in [-0.25, -0.2) is 4.79 Å². The third kappa shape index (κ3) is 4.64. The van der Waals surface area contributed by atoms with Crippen LogP contribution in [0.1, 0.15) is 29.5 Å². The van der Waals surface area contributed by atoms with Gasteiger partial charge in [0.1, 0.15) is 6.54 Å². The number of anilines is 1. The number of aryl methyl sites for hydroxylation is 2. The number of hydrogen-bond acceptors (Lipinski definition) is 4. The largest absolute Gasteiger partial charge is 0.328 e. The molecule has 2 unspecified atom stereocenters. The van der Waals surface area contributed by atoms with Gasteiger partial charge in [-0.2, -0.15) is 0 Å². The fourth-order valence-electron chi connectivity index (χ4n) is 4.28. The monoisotopic (exact) mass is 454 g/mol. The molecule has 4 rings (SSSR count). The van der Waals surface area contributed by atoms with Crippen LogP contribution in [-0.4, -0.2) is 46.9 Å². The number of imide groups is 1. The van der Waals surface area contributed by atoms with Crippen LogP contribution in [-0.2, 0) is 16.1 Å². The molecule has 0 aliphatic carbocycles. The molecule has 8 heteroatoms. The Morgan fingerprint density at radius 3 is 2.59 bits per heavy atom. The van der Waals surface area contributed by atoms with Gasteiger partial charge in [0.25, 0.3) is 0 Å².